The number of halogens is 1. The molecule has 0 spiro atoms. The zero-order valence-corrected chi connectivity index (χ0v) is 13.8. The SMILES string of the molecule is CCCOc1ccc(C(Cc2cccc(Br)c2)NN)cc1. The number of rotatable bonds is 7. The van der Waals surface area contributed by atoms with Crippen molar-refractivity contribution >= 4 is 15.9 Å². The number of benzene rings is 2. The molecule has 3 nitrogen and oxygen atoms in total. The van der Waals surface area contributed by atoms with E-state index in [4.69, 9.17) is 10.6 Å². The van der Waals surface area contributed by atoms with Crippen LogP contribution in [-0.2, 0) is 6.42 Å². The van der Waals surface area contributed by atoms with Crippen LogP contribution in [0.25, 0.3) is 0 Å². The minimum Gasteiger partial charge on any atom is -0.494 e. The van der Waals surface area contributed by atoms with Crippen LogP contribution >= 0.6 is 15.9 Å². The van der Waals surface area contributed by atoms with Gasteiger partial charge in [-0.1, -0.05) is 47.1 Å². The van der Waals surface area contributed by atoms with Crippen molar-refractivity contribution in [1.29, 1.82) is 0 Å². The second-order valence-corrected chi connectivity index (χ2v) is 5.89. The molecule has 2 aromatic carbocycles. The summed E-state index contributed by atoms with van der Waals surface area (Å²) in [6.45, 7) is 2.84. The molecule has 0 aliphatic carbocycles. The summed E-state index contributed by atoms with van der Waals surface area (Å²) < 4.78 is 6.68. The molecule has 1 atom stereocenters. The smallest absolute Gasteiger partial charge is 0.119 e. The first-order valence-corrected chi connectivity index (χ1v) is 7.95. The Morgan fingerprint density at radius 2 is 1.95 bits per heavy atom. The topological polar surface area (TPSA) is 47.3 Å². The molecule has 4 heteroatoms. The van der Waals surface area contributed by atoms with E-state index in [1.807, 2.05) is 24.3 Å². The van der Waals surface area contributed by atoms with Crippen LogP contribution in [0.15, 0.2) is 53.0 Å². The van der Waals surface area contributed by atoms with Gasteiger partial charge in [0.25, 0.3) is 0 Å². The van der Waals surface area contributed by atoms with Crippen molar-refractivity contribution < 1.29 is 4.74 Å². The van der Waals surface area contributed by atoms with Gasteiger partial charge in [0, 0.05) is 10.5 Å². The van der Waals surface area contributed by atoms with E-state index >= 15 is 0 Å². The van der Waals surface area contributed by atoms with Crippen molar-refractivity contribution in [1.82, 2.24) is 5.43 Å². The van der Waals surface area contributed by atoms with Gasteiger partial charge in [0.15, 0.2) is 0 Å². The lowest BCUT2D eigenvalue weighted by molar-refractivity contribution is 0.317. The fraction of sp³-hybridized carbons (Fsp3) is 0.294. The van der Waals surface area contributed by atoms with Crippen LogP contribution in [-0.4, -0.2) is 6.61 Å². The van der Waals surface area contributed by atoms with Crippen LogP contribution in [0.3, 0.4) is 0 Å². The minimum atomic E-state index is 0.0829. The summed E-state index contributed by atoms with van der Waals surface area (Å²) >= 11 is 3.50. The Kier molecular flexibility index (Phi) is 6.23. The number of ether oxygens (including phenoxy) is 1. The molecule has 0 saturated carbocycles. The van der Waals surface area contributed by atoms with E-state index in [0.29, 0.717) is 0 Å². The van der Waals surface area contributed by atoms with Gasteiger partial charge in [-0.25, -0.2) is 0 Å². The molecule has 21 heavy (non-hydrogen) atoms. The van der Waals surface area contributed by atoms with Crippen molar-refractivity contribution in [2.45, 2.75) is 25.8 Å². The van der Waals surface area contributed by atoms with Crippen LogP contribution in [0.2, 0.25) is 0 Å². The second-order valence-electron chi connectivity index (χ2n) is 4.97. The van der Waals surface area contributed by atoms with Crippen LogP contribution in [0.5, 0.6) is 5.75 Å². The van der Waals surface area contributed by atoms with Gasteiger partial charge in [-0.3, -0.25) is 11.3 Å². The molecule has 1 unspecified atom stereocenters. The van der Waals surface area contributed by atoms with E-state index < -0.39 is 0 Å². The lowest BCUT2D eigenvalue weighted by Gasteiger charge is -2.17. The van der Waals surface area contributed by atoms with Crippen molar-refractivity contribution in [2.24, 2.45) is 5.84 Å². The van der Waals surface area contributed by atoms with Gasteiger partial charge in [0.1, 0.15) is 5.75 Å². The van der Waals surface area contributed by atoms with Crippen molar-refractivity contribution in [3.63, 3.8) is 0 Å². The number of hydrazine groups is 1. The maximum Gasteiger partial charge on any atom is 0.119 e. The zero-order valence-electron chi connectivity index (χ0n) is 12.2. The van der Waals surface area contributed by atoms with Crippen molar-refractivity contribution in [3.05, 3.63) is 64.1 Å². The quantitative estimate of drug-likeness (QED) is 0.587. The molecule has 0 aliphatic heterocycles. The summed E-state index contributed by atoms with van der Waals surface area (Å²) in [4.78, 5) is 0. The van der Waals surface area contributed by atoms with E-state index in [2.05, 4.69) is 52.5 Å². The first-order valence-electron chi connectivity index (χ1n) is 7.16. The largest absolute Gasteiger partial charge is 0.494 e. The molecule has 112 valence electrons. The fourth-order valence-electron chi connectivity index (χ4n) is 2.19. The minimum absolute atomic E-state index is 0.0829. The number of nitrogens with two attached hydrogens (primary N) is 1. The summed E-state index contributed by atoms with van der Waals surface area (Å²) in [6, 6.07) is 16.5. The highest BCUT2D eigenvalue weighted by molar-refractivity contribution is 9.10. The maximum atomic E-state index is 5.72. The van der Waals surface area contributed by atoms with Gasteiger partial charge >= 0.3 is 0 Å². The number of hydrogen-bond acceptors (Lipinski definition) is 3. The maximum absolute atomic E-state index is 5.72. The third kappa shape index (κ3) is 4.84. The van der Waals surface area contributed by atoms with E-state index in [-0.39, 0.29) is 6.04 Å². The predicted molar refractivity (Wildman–Crippen MR) is 90.1 cm³/mol. The lowest BCUT2D eigenvalue weighted by Crippen LogP contribution is -2.29. The van der Waals surface area contributed by atoms with E-state index in [1.165, 1.54) is 5.56 Å². The van der Waals surface area contributed by atoms with Crippen molar-refractivity contribution in [2.75, 3.05) is 6.61 Å². The van der Waals surface area contributed by atoms with Crippen LogP contribution in [0.1, 0.15) is 30.5 Å². The van der Waals surface area contributed by atoms with Gasteiger partial charge in [0.05, 0.1) is 6.61 Å². The summed E-state index contributed by atoms with van der Waals surface area (Å²) in [5, 5.41) is 0. The van der Waals surface area contributed by atoms with Gasteiger partial charge in [-0.05, 0) is 48.2 Å². The van der Waals surface area contributed by atoms with Gasteiger partial charge in [-0.2, -0.15) is 0 Å². The third-order valence-electron chi connectivity index (χ3n) is 3.29. The molecule has 0 aliphatic rings. The Balaban J connectivity index is 2.06. The average molecular weight is 349 g/mol. The summed E-state index contributed by atoms with van der Waals surface area (Å²) in [5.41, 5.74) is 5.28. The average Bonchev–Trinajstić information content (AvgIpc) is 2.51. The van der Waals surface area contributed by atoms with Crippen LogP contribution in [0, 0.1) is 0 Å². The lowest BCUT2D eigenvalue weighted by atomic mass is 9.99. The molecular weight excluding hydrogens is 328 g/mol. The molecule has 0 radical (unpaired) electrons. The van der Waals surface area contributed by atoms with Crippen LogP contribution < -0.4 is 16.0 Å². The molecule has 0 aromatic heterocycles. The van der Waals surface area contributed by atoms with Gasteiger partial charge in [0.2, 0.25) is 0 Å². The molecule has 0 saturated heterocycles. The van der Waals surface area contributed by atoms with E-state index in [1.54, 1.807) is 0 Å². The Morgan fingerprint density at radius 3 is 2.57 bits per heavy atom. The number of hydrogen-bond donors (Lipinski definition) is 2. The monoisotopic (exact) mass is 348 g/mol. The highest BCUT2D eigenvalue weighted by Crippen LogP contribution is 2.22. The third-order valence-corrected chi connectivity index (χ3v) is 3.78. The molecule has 3 N–H and O–H groups in total. The summed E-state index contributed by atoms with van der Waals surface area (Å²) in [5.74, 6) is 6.62. The Hall–Kier alpha value is -1.36. The first-order chi connectivity index (χ1) is 10.2. The fourth-order valence-corrected chi connectivity index (χ4v) is 2.64. The molecule has 0 bridgehead atoms. The van der Waals surface area contributed by atoms with Crippen molar-refractivity contribution in [3.8, 4) is 5.75 Å². The molecule has 2 aromatic rings. The highest BCUT2D eigenvalue weighted by Gasteiger charge is 2.11. The molecule has 2 rings (SSSR count). The molecule has 0 amide bonds. The zero-order chi connectivity index (χ0) is 15.1. The predicted octanol–water partition coefficient (Wildman–Crippen LogP) is 3.99. The highest BCUT2D eigenvalue weighted by atomic mass is 79.9. The Morgan fingerprint density at radius 1 is 1.19 bits per heavy atom. The molecular formula is C17H21BrN2O. The summed E-state index contributed by atoms with van der Waals surface area (Å²) in [7, 11) is 0. The van der Waals surface area contributed by atoms with E-state index in [9.17, 15) is 0 Å². The Bertz CT molecular complexity index is 557. The van der Waals surface area contributed by atoms with Gasteiger partial charge < -0.3 is 4.74 Å². The normalized spacial score (nSPS) is 12.1. The second kappa shape index (κ2) is 8.17. The Labute approximate surface area is 134 Å². The molecule has 0 fully saturated rings. The van der Waals surface area contributed by atoms with E-state index in [0.717, 1.165) is 35.2 Å². The molecule has 0 heterocycles. The number of nitrogens with one attached hydrogen (secondary N) is 1. The van der Waals surface area contributed by atoms with Crippen LogP contribution in [0.4, 0.5) is 0 Å². The first kappa shape index (κ1) is 16.0. The standard InChI is InChI=1S/C17H21BrN2O/c1-2-10-21-16-8-6-14(7-9-16)17(20-19)12-13-4-3-5-15(18)11-13/h3-9,11,17,20H,2,10,12,19H2,1H3. The van der Waals surface area contributed by atoms with Gasteiger partial charge in [-0.15, -0.1) is 0 Å². The summed E-state index contributed by atoms with van der Waals surface area (Å²) in [6.07, 6.45) is 1.85.